The zero-order valence-electron chi connectivity index (χ0n) is 5.92. The Labute approximate surface area is 58.6 Å². The molecule has 0 aliphatic rings. The Morgan fingerprint density at radius 2 is 2.20 bits per heavy atom. The molecule has 0 heterocycles. The van der Waals surface area contributed by atoms with Crippen molar-refractivity contribution in [3.05, 3.63) is 11.3 Å². The van der Waals surface area contributed by atoms with E-state index in [-0.39, 0.29) is 11.3 Å². The molecule has 0 aliphatic carbocycles. The lowest BCUT2D eigenvalue weighted by Crippen LogP contribution is -2.33. The SMILES string of the molecule is COC(=O)/C(C=[NH2+])=C(\C)O. The monoisotopic (exact) mass is 144 g/mol. The third kappa shape index (κ3) is 1.89. The maximum absolute atomic E-state index is 10.6. The Morgan fingerprint density at radius 3 is 2.30 bits per heavy atom. The van der Waals surface area contributed by atoms with Gasteiger partial charge in [-0.1, -0.05) is 0 Å². The average Bonchev–Trinajstić information content (AvgIpc) is 1.88. The Balaban J connectivity index is 4.53. The number of allylic oxidation sites excluding steroid dienone is 1. The molecule has 0 bridgehead atoms. The number of methoxy groups -OCH3 is 1. The van der Waals surface area contributed by atoms with Crippen LogP contribution < -0.4 is 5.41 Å². The van der Waals surface area contributed by atoms with Crippen LogP contribution in [0.2, 0.25) is 0 Å². The van der Waals surface area contributed by atoms with Crippen LogP contribution in [0.5, 0.6) is 0 Å². The first-order valence-electron chi connectivity index (χ1n) is 2.66. The van der Waals surface area contributed by atoms with Crippen molar-refractivity contribution in [3.63, 3.8) is 0 Å². The van der Waals surface area contributed by atoms with E-state index in [4.69, 9.17) is 10.5 Å². The van der Waals surface area contributed by atoms with E-state index in [9.17, 15) is 4.79 Å². The predicted molar refractivity (Wildman–Crippen MR) is 35.3 cm³/mol. The van der Waals surface area contributed by atoms with E-state index in [1.165, 1.54) is 14.0 Å². The molecule has 0 amide bonds. The number of ether oxygens (including phenoxy) is 1. The van der Waals surface area contributed by atoms with Crippen molar-refractivity contribution < 1.29 is 20.0 Å². The van der Waals surface area contributed by atoms with Crippen molar-refractivity contribution in [2.75, 3.05) is 7.11 Å². The summed E-state index contributed by atoms with van der Waals surface area (Å²) in [5.74, 6) is -0.781. The van der Waals surface area contributed by atoms with Crippen molar-refractivity contribution in [1.29, 1.82) is 0 Å². The number of nitrogens with two attached hydrogens (primary N) is 1. The second-order valence-corrected chi connectivity index (χ2v) is 1.66. The van der Waals surface area contributed by atoms with Crippen LogP contribution in [0.25, 0.3) is 0 Å². The Bertz CT molecular complexity index is 179. The van der Waals surface area contributed by atoms with E-state index in [0.717, 1.165) is 6.21 Å². The molecule has 0 atom stereocenters. The Morgan fingerprint density at radius 1 is 1.70 bits per heavy atom. The molecule has 3 N–H and O–H groups in total. The molecule has 4 heteroatoms. The first kappa shape index (κ1) is 8.68. The molecule has 0 saturated heterocycles. The van der Waals surface area contributed by atoms with E-state index in [2.05, 4.69) is 4.74 Å². The first-order valence-corrected chi connectivity index (χ1v) is 2.66. The Kier molecular flexibility index (Phi) is 3.17. The van der Waals surface area contributed by atoms with Gasteiger partial charge in [-0.2, -0.15) is 0 Å². The lowest BCUT2D eigenvalue weighted by Gasteiger charge is -1.95. The summed E-state index contributed by atoms with van der Waals surface area (Å²) >= 11 is 0. The third-order valence-corrected chi connectivity index (χ3v) is 0.962. The van der Waals surface area contributed by atoms with E-state index >= 15 is 0 Å². The van der Waals surface area contributed by atoms with Crippen LogP contribution in [0.1, 0.15) is 6.92 Å². The molecule has 0 rings (SSSR count). The highest BCUT2D eigenvalue weighted by molar-refractivity contribution is 6.07. The normalized spacial score (nSPS) is 11.8. The molecule has 0 unspecified atom stereocenters. The molecule has 0 aliphatic heterocycles. The number of aliphatic hydroxyl groups is 1. The molecule has 4 nitrogen and oxygen atoms in total. The molecular formula is C6H10NO3+. The van der Waals surface area contributed by atoms with Gasteiger partial charge >= 0.3 is 5.97 Å². The highest BCUT2D eigenvalue weighted by Crippen LogP contribution is 1.97. The van der Waals surface area contributed by atoms with E-state index in [0.29, 0.717) is 0 Å². The number of carbonyl (C=O) groups is 1. The van der Waals surface area contributed by atoms with Gasteiger partial charge in [-0.3, -0.25) is 5.41 Å². The molecule has 0 fully saturated rings. The molecule has 0 saturated carbocycles. The van der Waals surface area contributed by atoms with E-state index < -0.39 is 5.97 Å². The van der Waals surface area contributed by atoms with Crippen molar-refractivity contribution >= 4 is 12.2 Å². The first-order chi connectivity index (χ1) is 4.63. The van der Waals surface area contributed by atoms with Crippen molar-refractivity contribution in [3.8, 4) is 0 Å². The summed E-state index contributed by atoms with van der Waals surface area (Å²) in [5, 5.41) is 13.8. The Hall–Kier alpha value is -1.32. The zero-order chi connectivity index (χ0) is 8.15. The van der Waals surface area contributed by atoms with Gasteiger partial charge in [0.05, 0.1) is 7.11 Å². The van der Waals surface area contributed by atoms with Crippen LogP contribution in [0.15, 0.2) is 11.3 Å². The zero-order valence-corrected chi connectivity index (χ0v) is 5.92. The summed E-state index contributed by atoms with van der Waals surface area (Å²) in [6.07, 6.45) is 1.00. The maximum atomic E-state index is 10.6. The van der Waals surface area contributed by atoms with Gasteiger partial charge in [0.2, 0.25) is 0 Å². The molecular weight excluding hydrogens is 134 g/mol. The van der Waals surface area contributed by atoms with Gasteiger partial charge in [0.25, 0.3) is 0 Å². The molecule has 0 radical (unpaired) electrons. The maximum Gasteiger partial charge on any atom is 0.347 e. The van der Waals surface area contributed by atoms with Crippen LogP contribution in [0, 0.1) is 0 Å². The fraction of sp³-hybridized carbons (Fsp3) is 0.333. The van der Waals surface area contributed by atoms with E-state index in [1.54, 1.807) is 0 Å². The molecule has 0 aromatic heterocycles. The summed E-state index contributed by atoms with van der Waals surface area (Å²) in [5.41, 5.74) is -0.0116. The van der Waals surface area contributed by atoms with Crippen molar-refractivity contribution in [1.82, 2.24) is 0 Å². The van der Waals surface area contributed by atoms with E-state index in [1.807, 2.05) is 0 Å². The smallest absolute Gasteiger partial charge is 0.347 e. The van der Waals surface area contributed by atoms with Gasteiger partial charge in [0.15, 0.2) is 11.8 Å². The number of carbonyl (C=O) groups excluding carboxylic acids is 1. The second kappa shape index (κ2) is 3.66. The van der Waals surface area contributed by atoms with Crippen LogP contribution in [0.4, 0.5) is 0 Å². The molecule has 0 aromatic carbocycles. The summed E-state index contributed by atoms with van der Waals surface area (Å²) in [6, 6.07) is 0. The summed E-state index contributed by atoms with van der Waals surface area (Å²) in [6.45, 7) is 1.36. The standard InChI is InChI=1S/C6H9NO3/c1-4(8)5(3-7)6(9)10-2/h3,7-8H,1-2H3/p+1/b5-4+,7-3?. The highest BCUT2D eigenvalue weighted by atomic mass is 16.5. The third-order valence-electron chi connectivity index (χ3n) is 0.962. The summed E-state index contributed by atoms with van der Waals surface area (Å²) < 4.78 is 4.30. The number of rotatable bonds is 2. The van der Waals surface area contributed by atoms with Crippen molar-refractivity contribution in [2.45, 2.75) is 6.92 Å². The van der Waals surface area contributed by atoms with Crippen LogP contribution >= 0.6 is 0 Å². The predicted octanol–water partition coefficient (Wildman–Crippen LogP) is -1.18. The van der Waals surface area contributed by atoms with Gasteiger partial charge in [-0.15, -0.1) is 0 Å². The summed E-state index contributed by atoms with van der Waals surface area (Å²) in [7, 11) is 1.22. The van der Waals surface area contributed by atoms with Crippen LogP contribution in [-0.2, 0) is 9.53 Å². The van der Waals surface area contributed by atoms with Gasteiger partial charge in [0.1, 0.15) is 5.76 Å². The lowest BCUT2D eigenvalue weighted by molar-refractivity contribution is -0.137. The average molecular weight is 144 g/mol. The molecule has 10 heavy (non-hydrogen) atoms. The minimum atomic E-state index is -0.637. The minimum absolute atomic E-state index is 0.0116. The number of aliphatic hydroxyl groups excluding tert-OH is 1. The van der Waals surface area contributed by atoms with Gasteiger partial charge in [-0.05, 0) is 6.92 Å². The van der Waals surface area contributed by atoms with Crippen LogP contribution in [0.3, 0.4) is 0 Å². The number of esters is 1. The van der Waals surface area contributed by atoms with Gasteiger partial charge < -0.3 is 9.84 Å². The molecule has 56 valence electrons. The minimum Gasteiger partial charge on any atom is -0.511 e. The quantitative estimate of drug-likeness (QED) is 0.222. The van der Waals surface area contributed by atoms with Crippen LogP contribution in [-0.4, -0.2) is 24.4 Å². The fourth-order valence-corrected chi connectivity index (χ4v) is 0.446. The van der Waals surface area contributed by atoms with Gasteiger partial charge in [0, 0.05) is 0 Å². The summed E-state index contributed by atoms with van der Waals surface area (Å²) in [4.78, 5) is 10.6. The van der Waals surface area contributed by atoms with Gasteiger partial charge in [-0.25, -0.2) is 4.79 Å². The molecule has 0 spiro atoms. The lowest BCUT2D eigenvalue weighted by atomic mass is 10.2. The second-order valence-electron chi connectivity index (χ2n) is 1.66. The molecule has 0 aromatic rings. The fourth-order valence-electron chi connectivity index (χ4n) is 0.446. The highest BCUT2D eigenvalue weighted by Gasteiger charge is 2.11. The topological polar surface area (TPSA) is 72.1 Å². The number of hydrogen-bond donors (Lipinski definition) is 2. The number of hydrogen-bond acceptors (Lipinski definition) is 3. The largest absolute Gasteiger partial charge is 0.511 e. The van der Waals surface area contributed by atoms with Crippen molar-refractivity contribution in [2.24, 2.45) is 0 Å².